The lowest BCUT2D eigenvalue weighted by Crippen LogP contribution is -1.82. The van der Waals surface area contributed by atoms with Crippen LogP contribution in [0.5, 0.6) is 0 Å². The predicted molar refractivity (Wildman–Crippen MR) is 43.5 cm³/mol. The Morgan fingerprint density at radius 2 is 2.55 bits per heavy atom. The van der Waals surface area contributed by atoms with Crippen molar-refractivity contribution in [2.24, 2.45) is 10.7 Å². The molecule has 0 unspecified atom stereocenters. The highest BCUT2D eigenvalue weighted by atomic mass is 79.9. The average Bonchev–Trinajstić information content (AvgIpc) is 2.52. The Labute approximate surface area is 70.7 Å². The Hall–Kier alpha value is -1.24. The third-order valence-electron chi connectivity index (χ3n) is 0.797. The van der Waals surface area contributed by atoms with Crippen LogP contribution in [0.4, 0.5) is 5.95 Å². The third kappa shape index (κ3) is 2.46. The van der Waals surface area contributed by atoms with Gasteiger partial charge in [0, 0.05) is 12.4 Å². The summed E-state index contributed by atoms with van der Waals surface area (Å²) >= 11 is 3.12. The molecule has 0 amide bonds. The van der Waals surface area contributed by atoms with E-state index in [0.29, 0.717) is 4.48 Å². The molecule has 0 saturated carbocycles. The van der Waals surface area contributed by atoms with Crippen LogP contribution < -0.4 is 5.73 Å². The number of H-pyrrole nitrogens is 1. The minimum Gasteiger partial charge on any atom is -0.404 e. The van der Waals surface area contributed by atoms with Crippen LogP contribution in [0.15, 0.2) is 15.7 Å². The Bertz CT molecular complexity index is 262. The summed E-state index contributed by atoms with van der Waals surface area (Å²) in [6.45, 7) is 0. The van der Waals surface area contributed by atoms with E-state index in [9.17, 15) is 0 Å². The van der Waals surface area contributed by atoms with Crippen molar-refractivity contribution in [2.75, 3.05) is 0 Å². The lowest BCUT2D eigenvalue weighted by atomic mass is 10.7. The number of aromatic amines is 1. The highest BCUT2D eigenvalue weighted by Crippen LogP contribution is 2.01. The summed E-state index contributed by atoms with van der Waals surface area (Å²) in [5.74, 6) is 0.267. The van der Waals surface area contributed by atoms with E-state index in [1.807, 2.05) is 0 Å². The van der Waals surface area contributed by atoms with Gasteiger partial charge in [0.05, 0.1) is 4.48 Å². The van der Waals surface area contributed by atoms with Crippen molar-refractivity contribution in [3.8, 4) is 0 Å². The van der Waals surface area contributed by atoms with E-state index in [0.717, 1.165) is 0 Å². The van der Waals surface area contributed by atoms with Gasteiger partial charge in [-0.2, -0.15) is 5.21 Å². The fourth-order valence-electron chi connectivity index (χ4n) is 0.374. The smallest absolute Gasteiger partial charge is 0.288 e. The Kier molecular flexibility index (Phi) is 2.73. The molecule has 0 spiro atoms. The molecule has 0 aliphatic heterocycles. The number of allylic oxidation sites excluding steroid dienone is 1. The SMILES string of the molecule is N/C=C(Br)\C=N\c1nn[nH]n1. The highest BCUT2D eigenvalue weighted by Gasteiger charge is 1.90. The first-order valence-electron chi connectivity index (χ1n) is 2.68. The lowest BCUT2D eigenvalue weighted by molar-refractivity contribution is 0.881. The van der Waals surface area contributed by atoms with Crippen molar-refractivity contribution < 1.29 is 0 Å². The van der Waals surface area contributed by atoms with Gasteiger partial charge in [0.1, 0.15) is 0 Å². The summed E-state index contributed by atoms with van der Waals surface area (Å²) < 4.78 is 0.655. The zero-order valence-electron chi connectivity index (χ0n) is 5.40. The van der Waals surface area contributed by atoms with Crippen molar-refractivity contribution >= 4 is 28.1 Å². The number of tetrazole rings is 1. The van der Waals surface area contributed by atoms with Gasteiger partial charge in [0.25, 0.3) is 5.95 Å². The van der Waals surface area contributed by atoms with Gasteiger partial charge >= 0.3 is 0 Å². The molecule has 1 aromatic rings. The maximum absolute atomic E-state index is 5.15. The molecule has 6 nitrogen and oxygen atoms in total. The van der Waals surface area contributed by atoms with E-state index in [1.165, 1.54) is 12.4 Å². The average molecular weight is 217 g/mol. The fourth-order valence-corrected chi connectivity index (χ4v) is 0.476. The minimum atomic E-state index is 0.267. The molecule has 0 radical (unpaired) electrons. The first-order valence-corrected chi connectivity index (χ1v) is 3.47. The molecule has 0 saturated heterocycles. The van der Waals surface area contributed by atoms with Crippen molar-refractivity contribution in [3.63, 3.8) is 0 Å². The number of aromatic nitrogens is 4. The summed E-state index contributed by atoms with van der Waals surface area (Å²) in [5.41, 5.74) is 5.15. The van der Waals surface area contributed by atoms with Gasteiger partial charge < -0.3 is 5.73 Å². The van der Waals surface area contributed by atoms with Crippen LogP contribution in [0.25, 0.3) is 0 Å². The van der Waals surface area contributed by atoms with E-state index in [1.54, 1.807) is 0 Å². The number of aliphatic imine (C=N–C) groups is 1. The van der Waals surface area contributed by atoms with Crippen LogP contribution in [0.3, 0.4) is 0 Å². The monoisotopic (exact) mass is 216 g/mol. The van der Waals surface area contributed by atoms with Gasteiger partial charge in [0.2, 0.25) is 0 Å². The molecule has 0 aliphatic rings. The summed E-state index contributed by atoms with van der Waals surface area (Å²) in [7, 11) is 0. The molecule has 7 heteroatoms. The molecule has 0 atom stereocenters. The van der Waals surface area contributed by atoms with Gasteiger partial charge in [0.15, 0.2) is 0 Å². The molecule has 58 valence electrons. The molecule has 0 aromatic carbocycles. The molecule has 0 bridgehead atoms. The summed E-state index contributed by atoms with van der Waals surface area (Å²) in [5, 5.41) is 12.7. The van der Waals surface area contributed by atoms with Crippen molar-refractivity contribution in [2.45, 2.75) is 0 Å². The number of nitrogens with zero attached hydrogens (tertiary/aromatic N) is 4. The largest absolute Gasteiger partial charge is 0.404 e. The van der Waals surface area contributed by atoms with Crippen molar-refractivity contribution in [1.29, 1.82) is 0 Å². The number of nitrogens with one attached hydrogen (secondary N) is 1. The van der Waals surface area contributed by atoms with Gasteiger partial charge in [-0.15, -0.1) is 5.10 Å². The highest BCUT2D eigenvalue weighted by molar-refractivity contribution is 9.12. The summed E-state index contributed by atoms with van der Waals surface area (Å²) in [6, 6.07) is 0. The fraction of sp³-hybridized carbons (Fsp3) is 0. The Morgan fingerprint density at radius 3 is 3.09 bits per heavy atom. The number of hydrogen-bond donors (Lipinski definition) is 2. The van der Waals surface area contributed by atoms with Gasteiger partial charge in [-0.25, -0.2) is 4.99 Å². The van der Waals surface area contributed by atoms with Crippen LogP contribution in [0.2, 0.25) is 0 Å². The first kappa shape index (κ1) is 7.86. The molecule has 11 heavy (non-hydrogen) atoms. The van der Waals surface area contributed by atoms with E-state index < -0.39 is 0 Å². The summed E-state index contributed by atoms with van der Waals surface area (Å²) in [6.07, 6.45) is 2.84. The van der Waals surface area contributed by atoms with Crippen LogP contribution in [-0.2, 0) is 0 Å². The quantitative estimate of drug-likeness (QED) is 0.686. The number of nitrogens with two attached hydrogens (primary N) is 1. The van der Waals surface area contributed by atoms with Gasteiger partial charge in [-0.05, 0) is 21.1 Å². The van der Waals surface area contributed by atoms with E-state index in [4.69, 9.17) is 5.73 Å². The lowest BCUT2D eigenvalue weighted by Gasteiger charge is -1.81. The van der Waals surface area contributed by atoms with Crippen LogP contribution in [0.1, 0.15) is 0 Å². The van der Waals surface area contributed by atoms with Crippen LogP contribution >= 0.6 is 15.9 Å². The van der Waals surface area contributed by atoms with E-state index in [2.05, 4.69) is 41.5 Å². The Balaban J connectivity index is 2.63. The van der Waals surface area contributed by atoms with Crippen LogP contribution in [-0.4, -0.2) is 26.8 Å². The standard InChI is InChI=1S/C4H5BrN6/c5-3(1-6)2-7-4-8-10-11-9-4/h1-2H,6H2,(H,8,9,10,11)/b3-1+,7-2+. The third-order valence-corrected chi connectivity index (χ3v) is 1.27. The molecule has 3 N–H and O–H groups in total. The van der Waals surface area contributed by atoms with Crippen molar-refractivity contribution in [1.82, 2.24) is 20.6 Å². The predicted octanol–water partition coefficient (Wildman–Crippen LogP) is 0.0970. The van der Waals surface area contributed by atoms with E-state index in [-0.39, 0.29) is 5.95 Å². The number of halogens is 1. The molecule has 0 fully saturated rings. The molecular weight excluding hydrogens is 212 g/mol. The number of rotatable bonds is 2. The topological polar surface area (TPSA) is 92.8 Å². The zero-order valence-corrected chi connectivity index (χ0v) is 6.98. The molecule has 1 aromatic heterocycles. The number of hydrogen-bond acceptors (Lipinski definition) is 5. The molecule has 1 heterocycles. The minimum absolute atomic E-state index is 0.267. The second-order valence-electron chi connectivity index (χ2n) is 1.52. The van der Waals surface area contributed by atoms with Crippen molar-refractivity contribution in [3.05, 3.63) is 10.7 Å². The normalized spacial score (nSPS) is 12.6. The second kappa shape index (κ2) is 3.81. The second-order valence-corrected chi connectivity index (χ2v) is 2.44. The Morgan fingerprint density at radius 1 is 1.73 bits per heavy atom. The maximum atomic E-state index is 5.15. The first-order chi connectivity index (χ1) is 5.33. The van der Waals surface area contributed by atoms with Crippen LogP contribution in [0, 0.1) is 0 Å². The molecule has 0 aliphatic carbocycles. The maximum Gasteiger partial charge on any atom is 0.288 e. The molecule has 1 rings (SSSR count). The van der Waals surface area contributed by atoms with Gasteiger partial charge in [-0.1, -0.05) is 5.10 Å². The molecular formula is C4H5BrN6. The van der Waals surface area contributed by atoms with Gasteiger partial charge in [-0.3, -0.25) is 0 Å². The zero-order chi connectivity index (χ0) is 8.10. The van der Waals surface area contributed by atoms with E-state index >= 15 is 0 Å². The summed E-state index contributed by atoms with van der Waals surface area (Å²) in [4.78, 5) is 3.80.